The Balaban J connectivity index is 2.27. The highest BCUT2D eigenvalue weighted by molar-refractivity contribution is 6.30. The van der Waals surface area contributed by atoms with Crippen molar-refractivity contribution in [2.45, 2.75) is 39.4 Å². The van der Waals surface area contributed by atoms with Crippen LogP contribution in [0.3, 0.4) is 0 Å². The van der Waals surface area contributed by atoms with E-state index in [0.29, 0.717) is 39.9 Å². The number of nitrogens with zero attached hydrogens (tertiary/aromatic N) is 1. The SMILES string of the molecule is COc1cccc([C@@H]2O[C@@H](CC(=O)O)C(=O)N(CC(C)(C)C)c3ccc(Cl)cc32)c1OC. The molecule has 2 aromatic carbocycles. The summed E-state index contributed by atoms with van der Waals surface area (Å²) in [5.41, 5.74) is 1.64. The number of halogens is 1. The number of aliphatic carboxylic acids is 1. The molecule has 7 nitrogen and oxygen atoms in total. The number of fused-ring (bicyclic) bond motifs is 1. The van der Waals surface area contributed by atoms with Crippen molar-refractivity contribution in [3.63, 3.8) is 0 Å². The molecule has 1 aliphatic heterocycles. The predicted molar refractivity (Wildman–Crippen MR) is 122 cm³/mol. The van der Waals surface area contributed by atoms with Gasteiger partial charge in [0.1, 0.15) is 12.2 Å². The van der Waals surface area contributed by atoms with E-state index in [2.05, 4.69) is 0 Å². The zero-order chi connectivity index (χ0) is 23.6. The van der Waals surface area contributed by atoms with Crippen molar-refractivity contribution in [2.24, 2.45) is 5.41 Å². The Labute approximate surface area is 192 Å². The summed E-state index contributed by atoms with van der Waals surface area (Å²) in [7, 11) is 3.05. The first-order valence-electron chi connectivity index (χ1n) is 10.2. The Morgan fingerprint density at radius 3 is 2.47 bits per heavy atom. The second-order valence-corrected chi connectivity index (χ2v) is 9.31. The topological polar surface area (TPSA) is 85.3 Å². The molecule has 0 bridgehead atoms. The number of carbonyl (C=O) groups excluding carboxylic acids is 1. The Morgan fingerprint density at radius 1 is 1.16 bits per heavy atom. The molecule has 3 rings (SSSR count). The molecule has 0 fully saturated rings. The minimum absolute atomic E-state index is 0.242. The quantitative estimate of drug-likeness (QED) is 0.671. The monoisotopic (exact) mass is 461 g/mol. The van der Waals surface area contributed by atoms with Gasteiger partial charge in [-0.25, -0.2) is 0 Å². The molecule has 0 radical (unpaired) electrons. The smallest absolute Gasteiger partial charge is 0.306 e. The number of carboxylic acids is 1. The van der Waals surface area contributed by atoms with Crippen LogP contribution in [0.4, 0.5) is 5.69 Å². The molecular weight excluding hydrogens is 434 g/mol. The van der Waals surface area contributed by atoms with Gasteiger partial charge in [0.15, 0.2) is 11.5 Å². The van der Waals surface area contributed by atoms with Crippen molar-refractivity contribution in [1.29, 1.82) is 0 Å². The van der Waals surface area contributed by atoms with Crippen LogP contribution in [-0.4, -0.2) is 43.9 Å². The lowest BCUT2D eigenvalue weighted by molar-refractivity contribution is -0.147. The molecule has 0 aromatic heterocycles. The maximum absolute atomic E-state index is 13.5. The van der Waals surface area contributed by atoms with Crippen LogP contribution in [0.15, 0.2) is 36.4 Å². The average Bonchev–Trinajstić information content (AvgIpc) is 2.82. The molecule has 1 heterocycles. The van der Waals surface area contributed by atoms with Crippen LogP contribution < -0.4 is 14.4 Å². The van der Waals surface area contributed by atoms with Gasteiger partial charge in [0.05, 0.1) is 20.6 Å². The summed E-state index contributed by atoms with van der Waals surface area (Å²) in [6, 6.07) is 10.6. The summed E-state index contributed by atoms with van der Waals surface area (Å²) >= 11 is 6.34. The van der Waals surface area contributed by atoms with E-state index in [-0.39, 0.29) is 5.41 Å². The van der Waals surface area contributed by atoms with Gasteiger partial charge < -0.3 is 24.2 Å². The van der Waals surface area contributed by atoms with E-state index >= 15 is 0 Å². The lowest BCUT2D eigenvalue weighted by atomic mass is 9.94. The highest BCUT2D eigenvalue weighted by Gasteiger charge is 2.40. The van der Waals surface area contributed by atoms with E-state index < -0.39 is 30.5 Å². The number of hydrogen-bond donors (Lipinski definition) is 1. The molecular formula is C24H28ClNO6. The summed E-state index contributed by atoms with van der Waals surface area (Å²) in [4.78, 5) is 26.7. The van der Waals surface area contributed by atoms with Gasteiger partial charge in [0.25, 0.3) is 5.91 Å². The Hall–Kier alpha value is -2.77. The molecule has 172 valence electrons. The van der Waals surface area contributed by atoms with E-state index in [1.807, 2.05) is 20.8 Å². The molecule has 0 aliphatic carbocycles. The number of methoxy groups -OCH3 is 2. The van der Waals surface area contributed by atoms with Crippen LogP contribution in [0.25, 0.3) is 0 Å². The van der Waals surface area contributed by atoms with E-state index in [9.17, 15) is 14.7 Å². The number of para-hydroxylation sites is 1. The third-order valence-electron chi connectivity index (χ3n) is 5.11. The van der Waals surface area contributed by atoms with Gasteiger partial charge in [-0.15, -0.1) is 0 Å². The summed E-state index contributed by atoms with van der Waals surface area (Å²) in [6.07, 6.45) is -2.46. The van der Waals surface area contributed by atoms with Crippen molar-refractivity contribution in [3.05, 3.63) is 52.5 Å². The molecule has 32 heavy (non-hydrogen) atoms. The number of carboxylic acid groups (broad SMARTS) is 1. The van der Waals surface area contributed by atoms with Gasteiger partial charge in [0, 0.05) is 28.4 Å². The number of rotatable bonds is 6. The minimum atomic E-state index is -1.19. The Morgan fingerprint density at radius 2 is 1.88 bits per heavy atom. The highest BCUT2D eigenvalue weighted by atomic mass is 35.5. The van der Waals surface area contributed by atoms with Crippen LogP contribution in [0.5, 0.6) is 11.5 Å². The molecule has 1 aliphatic rings. The molecule has 2 aromatic rings. The fraction of sp³-hybridized carbons (Fsp3) is 0.417. The molecule has 0 spiro atoms. The Kier molecular flexibility index (Phi) is 7.00. The molecule has 1 amide bonds. The summed E-state index contributed by atoms with van der Waals surface area (Å²) in [6.45, 7) is 6.41. The standard InChI is InChI=1S/C24H28ClNO6/c1-24(2,3)13-26-17-10-9-14(25)11-16(17)21(32-19(23(26)29)12-20(27)28)15-7-6-8-18(30-4)22(15)31-5/h6-11,19,21H,12-13H2,1-5H3,(H,27,28)/t19-,21-/m0/s1. The Bertz CT molecular complexity index is 1020. The average molecular weight is 462 g/mol. The highest BCUT2D eigenvalue weighted by Crippen LogP contribution is 2.45. The van der Waals surface area contributed by atoms with Gasteiger partial charge >= 0.3 is 5.97 Å². The van der Waals surface area contributed by atoms with Gasteiger partial charge in [-0.3, -0.25) is 9.59 Å². The molecule has 0 saturated carbocycles. The van der Waals surface area contributed by atoms with Gasteiger partial charge in [0.2, 0.25) is 0 Å². The second-order valence-electron chi connectivity index (χ2n) is 8.87. The first kappa shape index (κ1) is 23.9. The molecule has 0 saturated heterocycles. The predicted octanol–water partition coefficient (Wildman–Crippen LogP) is 4.70. The van der Waals surface area contributed by atoms with Crippen LogP contribution in [0, 0.1) is 5.41 Å². The van der Waals surface area contributed by atoms with Crippen LogP contribution in [0.2, 0.25) is 5.02 Å². The number of carbonyl (C=O) groups is 2. The van der Waals surface area contributed by atoms with Crippen LogP contribution >= 0.6 is 11.6 Å². The van der Waals surface area contributed by atoms with Crippen molar-refractivity contribution < 1.29 is 28.9 Å². The molecule has 0 unspecified atom stereocenters. The zero-order valence-corrected chi connectivity index (χ0v) is 19.6. The van der Waals surface area contributed by atoms with E-state index in [0.717, 1.165) is 0 Å². The third kappa shape index (κ3) is 5.00. The zero-order valence-electron chi connectivity index (χ0n) is 18.8. The van der Waals surface area contributed by atoms with E-state index in [4.69, 9.17) is 25.8 Å². The van der Waals surface area contributed by atoms with E-state index in [1.165, 1.54) is 14.2 Å². The number of ether oxygens (including phenoxy) is 3. The summed E-state index contributed by atoms with van der Waals surface area (Å²) < 4.78 is 17.3. The lowest BCUT2D eigenvalue weighted by Crippen LogP contribution is -2.44. The fourth-order valence-corrected chi connectivity index (χ4v) is 4.04. The van der Waals surface area contributed by atoms with Crippen LogP contribution in [0.1, 0.15) is 44.4 Å². The number of anilines is 1. The summed E-state index contributed by atoms with van der Waals surface area (Å²) in [5.74, 6) is -0.597. The first-order valence-corrected chi connectivity index (χ1v) is 10.6. The number of amides is 1. The van der Waals surface area contributed by atoms with E-state index in [1.54, 1.807) is 41.3 Å². The third-order valence-corrected chi connectivity index (χ3v) is 5.35. The minimum Gasteiger partial charge on any atom is -0.493 e. The van der Waals surface area contributed by atoms with Crippen molar-refractivity contribution in [2.75, 3.05) is 25.7 Å². The number of hydrogen-bond acceptors (Lipinski definition) is 5. The normalized spacial score (nSPS) is 18.7. The summed E-state index contributed by atoms with van der Waals surface area (Å²) in [5, 5.41) is 9.95. The maximum Gasteiger partial charge on any atom is 0.306 e. The van der Waals surface area contributed by atoms with Crippen molar-refractivity contribution >= 4 is 29.2 Å². The van der Waals surface area contributed by atoms with Crippen molar-refractivity contribution in [1.82, 2.24) is 0 Å². The van der Waals surface area contributed by atoms with Crippen LogP contribution in [-0.2, 0) is 14.3 Å². The molecule has 1 N–H and O–H groups in total. The molecule has 8 heteroatoms. The number of benzene rings is 2. The van der Waals surface area contributed by atoms with Gasteiger partial charge in [-0.2, -0.15) is 0 Å². The first-order chi connectivity index (χ1) is 15.1. The molecule has 2 atom stereocenters. The van der Waals surface area contributed by atoms with Gasteiger partial charge in [-0.1, -0.05) is 44.5 Å². The lowest BCUT2D eigenvalue weighted by Gasteiger charge is -2.31. The largest absolute Gasteiger partial charge is 0.493 e. The van der Waals surface area contributed by atoms with Crippen molar-refractivity contribution in [3.8, 4) is 11.5 Å². The second kappa shape index (κ2) is 9.38. The fourth-order valence-electron chi connectivity index (χ4n) is 3.86. The maximum atomic E-state index is 13.5. The van der Waals surface area contributed by atoms with Gasteiger partial charge in [-0.05, 0) is 29.7 Å².